The number of rotatable bonds is 2. The monoisotopic (exact) mass is 315 g/mol. The van der Waals surface area contributed by atoms with E-state index in [0.29, 0.717) is 11.4 Å². The number of hydrogen-bond acceptors (Lipinski definition) is 5. The summed E-state index contributed by atoms with van der Waals surface area (Å²) in [6.07, 6.45) is 3.75. The number of thiazole rings is 1. The molecule has 5 rings (SSSR count). The van der Waals surface area contributed by atoms with Crippen molar-refractivity contribution in [2.45, 2.75) is 25.2 Å². The van der Waals surface area contributed by atoms with E-state index in [0.717, 1.165) is 27.5 Å². The van der Waals surface area contributed by atoms with Crippen LogP contribution in [0.3, 0.4) is 0 Å². The Morgan fingerprint density at radius 1 is 1.19 bits per heavy atom. The smallest absolute Gasteiger partial charge is 0.266 e. The lowest BCUT2D eigenvalue weighted by molar-refractivity contribution is 0.574. The van der Waals surface area contributed by atoms with Crippen LogP contribution in [0.5, 0.6) is 0 Å². The summed E-state index contributed by atoms with van der Waals surface area (Å²) in [6.45, 7) is 0. The minimum atomic E-state index is -0.0146. The van der Waals surface area contributed by atoms with Crippen molar-refractivity contribution in [2.24, 2.45) is 11.8 Å². The molecule has 0 bridgehead atoms. The molecule has 0 radical (unpaired) electrons. The fraction of sp³-hybridized carbons (Fsp3) is 0.400. The highest BCUT2D eigenvalue weighted by atomic mass is 32.1. The van der Waals surface area contributed by atoms with E-state index in [1.54, 1.807) is 16.8 Å². The van der Waals surface area contributed by atoms with Crippen molar-refractivity contribution in [3.8, 4) is 5.00 Å². The molecule has 2 fully saturated rings. The Labute approximate surface area is 129 Å². The lowest BCUT2D eigenvalue weighted by atomic mass is 10.0. The maximum atomic E-state index is 12.8. The Balaban J connectivity index is 1.78. The Morgan fingerprint density at radius 3 is 2.81 bits per heavy atom. The number of nitrogens with zero attached hydrogens (tertiary/aromatic N) is 3. The summed E-state index contributed by atoms with van der Waals surface area (Å²) >= 11 is 3.05. The molecule has 0 spiro atoms. The zero-order valence-electron chi connectivity index (χ0n) is 11.2. The number of hydrogen-bond donors (Lipinski definition) is 0. The standard InChI is InChI=1S/C15H13N3OS2/c19-15-12-14(21-7-16-12)17-13(10-5-8-4-9(8)6-10)18(15)11-2-1-3-20-11/h1-3,7-10H,4-6H2/t8-,9+,10+. The zero-order chi connectivity index (χ0) is 14.0. The highest BCUT2D eigenvalue weighted by Crippen LogP contribution is 2.57. The lowest BCUT2D eigenvalue weighted by Gasteiger charge is -2.16. The minimum absolute atomic E-state index is 0.0146. The molecule has 0 N–H and O–H groups in total. The first kappa shape index (κ1) is 12.1. The molecule has 3 aromatic rings. The molecular weight excluding hydrogens is 302 g/mol. The van der Waals surface area contributed by atoms with Crippen LogP contribution >= 0.6 is 22.7 Å². The van der Waals surface area contributed by atoms with Gasteiger partial charge in [0, 0.05) is 5.92 Å². The largest absolute Gasteiger partial charge is 0.286 e. The normalized spacial score (nSPS) is 27.1. The molecule has 0 saturated heterocycles. The maximum absolute atomic E-state index is 12.8. The van der Waals surface area contributed by atoms with Gasteiger partial charge in [-0.25, -0.2) is 9.97 Å². The van der Waals surface area contributed by atoms with E-state index in [2.05, 4.69) is 4.98 Å². The fourth-order valence-electron chi connectivity index (χ4n) is 3.64. The third kappa shape index (κ3) is 1.75. The number of fused-ring (bicyclic) bond motifs is 2. The van der Waals surface area contributed by atoms with Gasteiger partial charge in [0.25, 0.3) is 5.56 Å². The summed E-state index contributed by atoms with van der Waals surface area (Å²) in [5.41, 5.74) is 2.20. The van der Waals surface area contributed by atoms with Crippen molar-refractivity contribution in [2.75, 3.05) is 0 Å². The van der Waals surface area contributed by atoms with E-state index in [-0.39, 0.29) is 5.56 Å². The van der Waals surface area contributed by atoms with Crippen LogP contribution < -0.4 is 5.56 Å². The molecule has 6 heteroatoms. The fourth-order valence-corrected chi connectivity index (χ4v) is 5.03. The van der Waals surface area contributed by atoms with Gasteiger partial charge in [0.1, 0.15) is 10.8 Å². The highest BCUT2D eigenvalue weighted by Gasteiger charge is 2.47. The molecule has 2 aliphatic rings. The van der Waals surface area contributed by atoms with Gasteiger partial charge in [-0.1, -0.05) is 0 Å². The van der Waals surface area contributed by atoms with Gasteiger partial charge in [-0.3, -0.25) is 9.36 Å². The zero-order valence-corrected chi connectivity index (χ0v) is 12.9. The molecule has 106 valence electrons. The molecule has 3 heterocycles. The van der Waals surface area contributed by atoms with Gasteiger partial charge >= 0.3 is 0 Å². The summed E-state index contributed by atoms with van der Waals surface area (Å²) in [5.74, 6) is 3.13. The summed E-state index contributed by atoms with van der Waals surface area (Å²) in [4.78, 5) is 22.6. The van der Waals surface area contributed by atoms with Crippen LogP contribution in [-0.4, -0.2) is 14.5 Å². The molecular formula is C15H13N3OS2. The molecule has 21 heavy (non-hydrogen) atoms. The van der Waals surface area contributed by atoms with Gasteiger partial charge in [0.2, 0.25) is 0 Å². The third-order valence-corrected chi connectivity index (χ3v) is 6.31. The van der Waals surface area contributed by atoms with Crippen molar-refractivity contribution in [3.63, 3.8) is 0 Å². The third-order valence-electron chi connectivity index (χ3n) is 4.73. The van der Waals surface area contributed by atoms with Crippen molar-refractivity contribution < 1.29 is 0 Å². The van der Waals surface area contributed by atoms with Gasteiger partial charge in [-0.15, -0.1) is 22.7 Å². The van der Waals surface area contributed by atoms with Gasteiger partial charge in [-0.2, -0.15) is 0 Å². The van der Waals surface area contributed by atoms with Gasteiger partial charge < -0.3 is 0 Å². The summed E-state index contributed by atoms with van der Waals surface area (Å²) in [5, 5.41) is 2.96. The molecule has 2 aliphatic carbocycles. The average molecular weight is 315 g/mol. The summed E-state index contributed by atoms with van der Waals surface area (Å²) in [7, 11) is 0. The predicted molar refractivity (Wildman–Crippen MR) is 84.5 cm³/mol. The van der Waals surface area contributed by atoms with E-state index >= 15 is 0 Å². The Kier molecular flexibility index (Phi) is 2.43. The summed E-state index contributed by atoms with van der Waals surface area (Å²) < 4.78 is 1.81. The first-order chi connectivity index (χ1) is 10.3. The minimum Gasteiger partial charge on any atom is -0.266 e. The Morgan fingerprint density at radius 2 is 2.05 bits per heavy atom. The van der Waals surface area contributed by atoms with E-state index < -0.39 is 0 Å². The SMILES string of the molecule is O=c1c2ncsc2nc([C@@H]2C[C@@H]3C[C@@H]3C2)n1-c1cccs1. The van der Waals surface area contributed by atoms with Crippen molar-refractivity contribution in [3.05, 3.63) is 39.2 Å². The molecule has 3 atom stereocenters. The van der Waals surface area contributed by atoms with Crippen LogP contribution in [-0.2, 0) is 0 Å². The average Bonchev–Trinajstić information content (AvgIpc) is 3.00. The van der Waals surface area contributed by atoms with Crippen LogP contribution in [0.4, 0.5) is 0 Å². The van der Waals surface area contributed by atoms with Crippen molar-refractivity contribution in [1.82, 2.24) is 14.5 Å². The molecule has 0 amide bonds. The second kappa shape index (κ2) is 4.24. The van der Waals surface area contributed by atoms with Crippen molar-refractivity contribution >= 4 is 33.0 Å². The number of aromatic nitrogens is 3. The molecule has 0 unspecified atom stereocenters. The number of thiophene rings is 1. The molecule has 2 saturated carbocycles. The van der Waals surface area contributed by atoms with Crippen LogP contribution in [0.15, 0.2) is 27.8 Å². The van der Waals surface area contributed by atoms with Crippen LogP contribution in [0.1, 0.15) is 31.0 Å². The Hall–Kier alpha value is -1.53. The van der Waals surface area contributed by atoms with Crippen molar-refractivity contribution in [1.29, 1.82) is 0 Å². The van der Waals surface area contributed by atoms with Gasteiger partial charge in [0.15, 0.2) is 10.3 Å². The second-order valence-electron chi connectivity index (χ2n) is 5.99. The van der Waals surface area contributed by atoms with Crippen LogP contribution in [0.25, 0.3) is 15.3 Å². The lowest BCUT2D eigenvalue weighted by Crippen LogP contribution is -2.24. The topological polar surface area (TPSA) is 47.8 Å². The molecule has 0 aliphatic heterocycles. The highest BCUT2D eigenvalue weighted by molar-refractivity contribution is 7.16. The van der Waals surface area contributed by atoms with Crippen LogP contribution in [0.2, 0.25) is 0 Å². The van der Waals surface area contributed by atoms with E-state index in [1.165, 1.54) is 30.6 Å². The molecule has 4 nitrogen and oxygen atoms in total. The predicted octanol–water partition coefficient (Wildman–Crippen LogP) is 3.42. The first-order valence-electron chi connectivity index (χ1n) is 7.21. The van der Waals surface area contributed by atoms with Gasteiger partial charge in [-0.05, 0) is 48.6 Å². The van der Waals surface area contributed by atoms with E-state index in [1.807, 2.05) is 22.1 Å². The van der Waals surface area contributed by atoms with E-state index in [4.69, 9.17) is 4.98 Å². The second-order valence-corrected chi connectivity index (χ2v) is 7.75. The van der Waals surface area contributed by atoms with Gasteiger partial charge in [0.05, 0.1) is 5.51 Å². The summed E-state index contributed by atoms with van der Waals surface area (Å²) in [6, 6.07) is 3.97. The van der Waals surface area contributed by atoms with E-state index in [9.17, 15) is 4.79 Å². The first-order valence-corrected chi connectivity index (χ1v) is 8.97. The maximum Gasteiger partial charge on any atom is 0.286 e. The Bertz CT molecular complexity index is 870. The molecule has 3 aromatic heterocycles. The molecule has 0 aromatic carbocycles. The quantitative estimate of drug-likeness (QED) is 0.728. The van der Waals surface area contributed by atoms with Crippen LogP contribution in [0, 0.1) is 11.8 Å².